The van der Waals surface area contributed by atoms with Crippen molar-refractivity contribution in [3.8, 4) is 0 Å². The van der Waals surface area contributed by atoms with Crippen LogP contribution in [0.1, 0.15) is 68.6 Å². The molecular formula is C19H27NO. The van der Waals surface area contributed by atoms with Crippen molar-refractivity contribution in [3.63, 3.8) is 0 Å². The first-order valence-corrected chi connectivity index (χ1v) is 8.84. The van der Waals surface area contributed by atoms with E-state index in [0.717, 1.165) is 12.6 Å². The third-order valence-electron chi connectivity index (χ3n) is 5.51. The molecule has 0 heterocycles. The number of hydrogen-bond donors (Lipinski definition) is 1. The van der Waals surface area contributed by atoms with Gasteiger partial charge in [-0.05, 0) is 56.1 Å². The Morgan fingerprint density at radius 2 is 1.86 bits per heavy atom. The highest BCUT2D eigenvalue weighted by Crippen LogP contribution is 2.41. The summed E-state index contributed by atoms with van der Waals surface area (Å²) in [6.07, 6.45) is 11.9. The van der Waals surface area contributed by atoms with Gasteiger partial charge in [-0.1, -0.05) is 37.1 Å². The molecular weight excluding hydrogens is 258 g/mol. The molecule has 1 unspecified atom stereocenters. The van der Waals surface area contributed by atoms with E-state index < -0.39 is 0 Å². The maximum absolute atomic E-state index is 6.78. The Morgan fingerprint density at radius 1 is 1.05 bits per heavy atom. The highest BCUT2D eigenvalue weighted by molar-refractivity contribution is 5.31. The fraction of sp³-hybridized carbons (Fsp3) is 0.684. The van der Waals surface area contributed by atoms with E-state index in [1.165, 1.54) is 68.9 Å². The average Bonchev–Trinajstić information content (AvgIpc) is 3.25. The van der Waals surface area contributed by atoms with Crippen LogP contribution < -0.4 is 5.32 Å². The summed E-state index contributed by atoms with van der Waals surface area (Å²) in [6, 6.07) is 9.70. The average molecular weight is 285 g/mol. The predicted octanol–water partition coefficient (Wildman–Crippen LogP) is 4.15. The van der Waals surface area contributed by atoms with Gasteiger partial charge in [0, 0.05) is 12.6 Å². The SMILES string of the molecule is c1ccc2c(c1)CCCC2OC1(CNC2CC2)CCCC1. The molecule has 0 radical (unpaired) electrons. The van der Waals surface area contributed by atoms with E-state index in [4.69, 9.17) is 4.74 Å². The monoisotopic (exact) mass is 285 g/mol. The molecule has 2 heteroatoms. The largest absolute Gasteiger partial charge is 0.366 e. The van der Waals surface area contributed by atoms with E-state index in [1.807, 2.05) is 0 Å². The summed E-state index contributed by atoms with van der Waals surface area (Å²) >= 11 is 0. The fourth-order valence-corrected chi connectivity index (χ4v) is 4.11. The molecule has 0 spiro atoms. The molecule has 3 aliphatic rings. The Labute approximate surface area is 128 Å². The van der Waals surface area contributed by atoms with Gasteiger partial charge < -0.3 is 10.1 Å². The summed E-state index contributed by atoms with van der Waals surface area (Å²) in [4.78, 5) is 0. The molecule has 3 aliphatic carbocycles. The maximum atomic E-state index is 6.78. The summed E-state index contributed by atoms with van der Waals surface area (Å²) in [5.74, 6) is 0. The lowest BCUT2D eigenvalue weighted by Crippen LogP contribution is -2.42. The fourth-order valence-electron chi connectivity index (χ4n) is 4.11. The molecule has 0 bridgehead atoms. The third kappa shape index (κ3) is 3.02. The summed E-state index contributed by atoms with van der Waals surface area (Å²) in [5, 5.41) is 3.73. The van der Waals surface area contributed by atoms with Crippen molar-refractivity contribution < 1.29 is 4.74 Å². The third-order valence-corrected chi connectivity index (χ3v) is 5.51. The minimum atomic E-state index is 0.109. The Morgan fingerprint density at radius 3 is 2.67 bits per heavy atom. The van der Waals surface area contributed by atoms with Crippen LogP contribution in [0.3, 0.4) is 0 Å². The summed E-state index contributed by atoms with van der Waals surface area (Å²) in [5.41, 5.74) is 3.08. The topological polar surface area (TPSA) is 21.3 Å². The van der Waals surface area contributed by atoms with E-state index in [0.29, 0.717) is 6.10 Å². The highest BCUT2D eigenvalue weighted by Gasteiger charge is 2.39. The molecule has 114 valence electrons. The molecule has 1 aromatic rings. The van der Waals surface area contributed by atoms with Crippen LogP contribution in [0.4, 0.5) is 0 Å². The van der Waals surface area contributed by atoms with Gasteiger partial charge >= 0.3 is 0 Å². The van der Waals surface area contributed by atoms with Crippen LogP contribution in [0.2, 0.25) is 0 Å². The maximum Gasteiger partial charge on any atom is 0.0835 e. The lowest BCUT2D eigenvalue weighted by Gasteiger charge is -2.37. The van der Waals surface area contributed by atoms with Crippen molar-refractivity contribution in [2.45, 2.75) is 75.5 Å². The van der Waals surface area contributed by atoms with Gasteiger partial charge in [0.1, 0.15) is 0 Å². The van der Waals surface area contributed by atoms with E-state index in [2.05, 4.69) is 29.6 Å². The number of benzene rings is 1. The van der Waals surface area contributed by atoms with Crippen molar-refractivity contribution in [1.29, 1.82) is 0 Å². The number of hydrogen-bond acceptors (Lipinski definition) is 2. The molecule has 1 aromatic carbocycles. The van der Waals surface area contributed by atoms with Gasteiger partial charge in [0.05, 0.1) is 11.7 Å². The van der Waals surface area contributed by atoms with E-state index in [-0.39, 0.29) is 5.60 Å². The van der Waals surface area contributed by atoms with Gasteiger partial charge in [0.2, 0.25) is 0 Å². The Balaban J connectivity index is 1.50. The first-order chi connectivity index (χ1) is 10.3. The van der Waals surface area contributed by atoms with Crippen molar-refractivity contribution in [2.75, 3.05) is 6.54 Å². The molecule has 2 saturated carbocycles. The normalized spacial score (nSPS) is 27.5. The van der Waals surface area contributed by atoms with Gasteiger partial charge in [-0.3, -0.25) is 0 Å². The lowest BCUT2D eigenvalue weighted by atomic mass is 9.88. The minimum absolute atomic E-state index is 0.109. The van der Waals surface area contributed by atoms with Gasteiger partial charge in [-0.2, -0.15) is 0 Å². The summed E-state index contributed by atoms with van der Waals surface area (Å²) in [7, 11) is 0. The molecule has 1 N–H and O–H groups in total. The quantitative estimate of drug-likeness (QED) is 0.877. The summed E-state index contributed by atoms with van der Waals surface area (Å²) in [6.45, 7) is 1.07. The first kappa shape index (κ1) is 13.8. The minimum Gasteiger partial charge on any atom is -0.366 e. The van der Waals surface area contributed by atoms with Gasteiger partial charge in [-0.15, -0.1) is 0 Å². The van der Waals surface area contributed by atoms with E-state index in [9.17, 15) is 0 Å². The molecule has 1 atom stereocenters. The molecule has 21 heavy (non-hydrogen) atoms. The molecule has 0 amide bonds. The van der Waals surface area contributed by atoms with Crippen molar-refractivity contribution >= 4 is 0 Å². The molecule has 0 aromatic heterocycles. The van der Waals surface area contributed by atoms with Crippen LogP contribution >= 0.6 is 0 Å². The van der Waals surface area contributed by atoms with Crippen molar-refractivity contribution in [2.24, 2.45) is 0 Å². The molecule has 0 saturated heterocycles. The van der Waals surface area contributed by atoms with Crippen LogP contribution in [-0.4, -0.2) is 18.2 Å². The molecule has 2 fully saturated rings. The predicted molar refractivity (Wildman–Crippen MR) is 85.4 cm³/mol. The van der Waals surface area contributed by atoms with E-state index in [1.54, 1.807) is 0 Å². The standard InChI is InChI=1S/C19H27NO/c1-2-8-17-15(6-1)7-5-9-18(17)21-19(12-3-4-13-19)14-20-16-10-11-16/h1-2,6,8,16,18,20H,3-5,7,9-14H2. The second kappa shape index (κ2) is 5.73. The zero-order chi connectivity index (χ0) is 14.1. The van der Waals surface area contributed by atoms with Crippen LogP contribution in [0.25, 0.3) is 0 Å². The number of rotatable bonds is 5. The van der Waals surface area contributed by atoms with Gasteiger partial charge in [0.25, 0.3) is 0 Å². The Kier molecular flexibility index (Phi) is 3.76. The van der Waals surface area contributed by atoms with Gasteiger partial charge in [-0.25, -0.2) is 0 Å². The zero-order valence-corrected chi connectivity index (χ0v) is 12.9. The van der Waals surface area contributed by atoms with Crippen LogP contribution in [0.15, 0.2) is 24.3 Å². The first-order valence-electron chi connectivity index (χ1n) is 8.84. The number of nitrogens with one attached hydrogen (secondary N) is 1. The van der Waals surface area contributed by atoms with E-state index >= 15 is 0 Å². The van der Waals surface area contributed by atoms with Crippen molar-refractivity contribution in [3.05, 3.63) is 35.4 Å². The Hall–Kier alpha value is -0.860. The Bertz CT molecular complexity index is 488. The van der Waals surface area contributed by atoms with Crippen LogP contribution in [0.5, 0.6) is 0 Å². The molecule has 2 nitrogen and oxygen atoms in total. The summed E-state index contributed by atoms with van der Waals surface area (Å²) < 4.78 is 6.78. The second-order valence-corrected chi connectivity index (χ2v) is 7.24. The van der Waals surface area contributed by atoms with Crippen molar-refractivity contribution in [1.82, 2.24) is 5.32 Å². The smallest absolute Gasteiger partial charge is 0.0835 e. The second-order valence-electron chi connectivity index (χ2n) is 7.24. The molecule has 4 rings (SSSR count). The number of fused-ring (bicyclic) bond motifs is 1. The zero-order valence-electron chi connectivity index (χ0n) is 12.9. The number of ether oxygens (including phenoxy) is 1. The van der Waals surface area contributed by atoms with Crippen LogP contribution in [-0.2, 0) is 11.2 Å². The number of aryl methyl sites for hydroxylation is 1. The highest BCUT2D eigenvalue weighted by atomic mass is 16.5. The lowest BCUT2D eigenvalue weighted by molar-refractivity contribution is -0.0967. The molecule has 0 aliphatic heterocycles. The van der Waals surface area contributed by atoms with Gasteiger partial charge in [0.15, 0.2) is 0 Å². The van der Waals surface area contributed by atoms with Crippen LogP contribution in [0, 0.1) is 0 Å².